The Hall–Kier alpha value is -3.68. The highest BCUT2D eigenvalue weighted by Crippen LogP contribution is 2.28. The van der Waals surface area contributed by atoms with Crippen LogP contribution < -0.4 is 10.6 Å². The molecule has 0 aliphatic carbocycles. The SMILES string of the molecule is COC(=O)[C@H](C/C=C\[C@H]1O[C@H](COC(C)=O)[C@@H](OC(C)=O)[C@H](OC(C)=O)[C@H]1NC(C)=O)NC(=O)OC(C)(C)C. The van der Waals surface area contributed by atoms with Crippen LogP contribution in [-0.2, 0) is 52.4 Å². The van der Waals surface area contributed by atoms with E-state index in [2.05, 4.69) is 10.6 Å². The molecule has 0 aromatic carbocycles. The Balaban J connectivity index is 3.32. The van der Waals surface area contributed by atoms with Crippen molar-refractivity contribution < 1.29 is 57.2 Å². The van der Waals surface area contributed by atoms with E-state index in [-0.39, 0.29) is 13.0 Å². The maximum Gasteiger partial charge on any atom is 0.408 e. The number of amides is 2. The van der Waals surface area contributed by atoms with E-state index in [9.17, 15) is 28.8 Å². The molecule has 6 atom stereocenters. The molecule has 2 amide bonds. The summed E-state index contributed by atoms with van der Waals surface area (Å²) in [5.74, 6) is -3.32. The second kappa shape index (κ2) is 15.0. The molecule has 1 rings (SSSR count). The minimum atomic E-state index is -1.23. The highest BCUT2D eigenvalue weighted by atomic mass is 16.6. The lowest BCUT2D eigenvalue weighted by atomic mass is 9.91. The number of ether oxygens (including phenoxy) is 6. The molecule has 1 heterocycles. The Kier molecular flexibility index (Phi) is 12.9. The minimum Gasteiger partial charge on any atom is -0.467 e. The summed E-state index contributed by atoms with van der Waals surface area (Å²) in [6.07, 6.45) is -2.51. The van der Waals surface area contributed by atoms with Gasteiger partial charge in [0.2, 0.25) is 5.91 Å². The Morgan fingerprint density at radius 2 is 1.51 bits per heavy atom. The number of esters is 4. The first-order valence-electron chi connectivity index (χ1n) is 12.2. The Morgan fingerprint density at radius 3 is 2.00 bits per heavy atom. The van der Waals surface area contributed by atoms with E-state index in [1.54, 1.807) is 20.8 Å². The van der Waals surface area contributed by atoms with E-state index in [0.29, 0.717) is 0 Å². The molecule has 220 valence electrons. The van der Waals surface area contributed by atoms with Gasteiger partial charge in [-0.15, -0.1) is 0 Å². The predicted molar refractivity (Wildman–Crippen MR) is 133 cm³/mol. The van der Waals surface area contributed by atoms with Gasteiger partial charge in [-0.1, -0.05) is 12.2 Å². The largest absolute Gasteiger partial charge is 0.467 e. The molecule has 0 unspecified atom stereocenters. The molecule has 2 N–H and O–H groups in total. The number of alkyl carbamates (subject to hydrolysis) is 1. The fourth-order valence-electron chi connectivity index (χ4n) is 3.69. The quantitative estimate of drug-likeness (QED) is 0.218. The molecule has 0 spiro atoms. The third kappa shape index (κ3) is 12.1. The molecule has 0 aromatic heterocycles. The second-order valence-electron chi connectivity index (χ2n) is 9.70. The standard InChI is InChI=1S/C25H38N2O12/c1-13(28)26-20-18(11-9-10-17(23(32)34-8)27-24(33)39-25(5,6)7)38-19(12-35-14(2)29)21(36-15(3)30)22(20)37-16(4)31/h9,11,17-22H,10,12H2,1-8H3,(H,26,28)(H,27,33)/b11-9-/t17-,18+,19+,20-,21+,22+/m0/s1. The fraction of sp³-hybridized carbons (Fsp3) is 0.680. The number of methoxy groups -OCH3 is 1. The number of hydrogen-bond acceptors (Lipinski definition) is 12. The molecule has 39 heavy (non-hydrogen) atoms. The normalized spacial score (nSPS) is 23.6. The van der Waals surface area contributed by atoms with Crippen molar-refractivity contribution in [1.82, 2.24) is 10.6 Å². The van der Waals surface area contributed by atoms with E-state index >= 15 is 0 Å². The van der Waals surface area contributed by atoms with Crippen LogP contribution in [0.4, 0.5) is 4.79 Å². The first-order chi connectivity index (χ1) is 18.0. The predicted octanol–water partition coefficient (Wildman–Crippen LogP) is 0.698. The molecule has 0 radical (unpaired) electrons. The number of carbonyl (C=O) groups excluding carboxylic acids is 6. The number of nitrogens with one attached hydrogen (secondary N) is 2. The van der Waals surface area contributed by atoms with E-state index < -0.39 is 78.0 Å². The van der Waals surface area contributed by atoms with Crippen molar-refractivity contribution >= 4 is 35.9 Å². The van der Waals surface area contributed by atoms with Crippen LogP contribution in [0.5, 0.6) is 0 Å². The zero-order valence-electron chi connectivity index (χ0n) is 23.4. The van der Waals surface area contributed by atoms with Crippen LogP contribution >= 0.6 is 0 Å². The third-order valence-corrected chi connectivity index (χ3v) is 5.03. The first-order valence-corrected chi connectivity index (χ1v) is 12.2. The molecule has 0 bridgehead atoms. The Labute approximate surface area is 227 Å². The van der Waals surface area contributed by atoms with Gasteiger partial charge in [0, 0.05) is 27.7 Å². The van der Waals surface area contributed by atoms with Gasteiger partial charge in [0.25, 0.3) is 0 Å². The van der Waals surface area contributed by atoms with Crippen LogP contribution in [0.1, 0.15) is 54.9 Å². The first kappa shape index (κ1) is 33.3. The van der Waals surface area contributed by atoms with Gasteiger partial charge in [-0.25, -0.2) is 9.59 Å². The average Bonchev–Trinajstić information content (AvgIpc) is 2.78. The van der Waals surface area contributed by atoms with Gasteiger partial charge < -0.3 is 39.1 Å². The monoisotopic (exact) mass is 558 g/mol. The van der Waals surface area contributed by atoms with Gasteiger partial charge in [-0.2, -0.15) is 0 Å². The van der Waals surface area contributed by atoms with Gasteiger partial charge in [0.05, 0.1) is 13.2 Å². The van der Waals surface area contributed by atoms with Crippen LogP contribution in [0.25, 0.3) is 0 Å². The molecule has 1 saturated heterocycles. The van der Waals surface area contributed by atoms with Crippen molar-refractivity contribution in [2.75, 3.05) is 13.7 Å². The smallest absolute Gasteiger partial charge is 0.408 e. The Morgan fingerprint density at radius 1 is 0.923 bits per heavy atom. The molecule has 1 aliphatic rings. The summed E-state index contributed by atoms with van der Waals surface area (Å²) in [6.45, 7) is 9.32. The topological polar surface area (TPSA) is 182 Å². The van der Waals surface area contributed by atoms with E-state index in [1.807, 2.05) is 0 Å². The van der Waals surface area contributed by atoms with Crippen LogP contribution in [-0.4, -0.2) is 91.7 Å². The lowest BCUT2D eigenvalue weighted by Gasteiger charge is -2.44. The second-order valence-corrected chi connectivity index (χ2v) is 9.70. The summed E-state index contributed by atoms with van der Waals surface area (Å²) in [5.41, 5.74) is -0.802. The van der Waals surface area contributed by atoms with E-state index in [0.717, 1.165) is 21.0 Å². The highest BCUT2D eigenvalue weighted by molar-refractivity contribution is 5.81. The molecule has 1 fully saturated rings. The van der Waals surface area contributed by atoms with Crippen LogP contribution in [0.3, 0.4) is 0 Å². The minimum absolute atomic E-state index is 0.0706. The average molecular weight is 559 g/mol. The van der Waals surface area contributed by atoms with Gasteiger partial charge >= 0.3 is 30.0 Å². The van der Waals surface area contributed by atoms with Gasteiger partial charge in [0.1, 0.15) is 30.5 Å². The summed E-state index contributed by atoms with van der Waals surface area (Å²) in [5, 5.41) is 5.06. The zero-order chi connectivity index (χ0) is 29.9. The van der Waals surface area contributed by atoms with E-state index in [4.69, 9.17) is 28.4 Å². The summed E-state index contributed by atoms with van der Waals surface area (Å²) in [4.78, 5) is 71.7. The summed E-state index contributed by atoms with van der Waals surface area (Å²) in [7, 11) is 1.16. The van der Waals surface area contributed by atoms with Crippen molar-refractivity contribution in [3.8, 4) is 0 Å². The Bertz CT molecular complexity index is 942. The van der Waals surface area contributed by atoms with Crippen molar-refractivity contribution in [3.63, 3.8) is 0 Å². The molecule has 14 nitrogen and oxygen atoms in total. The highest BCUT2D eigenvalue weighted by Gasteiger charge is 2.50. The number of hydrogen-bond donors (Lipinski definition) is 2. The van der Waals surface area contributed by atoms with E-state index in [1.165, 1.54) is 26.0 Å². The van der Waals surface area contributed by atoms with Crippen molar-refractivity contribution in [1.29, 1.82) is 0 Å². The molecular weight excluding hydrogens is 520 g/mol. The number of rotatable bonds is 10. The zero-order valence-corrected chi connectivity index (χ0v) is 23.4. The van der Waals surface area contributed by atoms with Gasteiger partial charge in [-0.3, -0.25) is 19.2 Å². The summed E-state index contributed by atoms with van der Waals surface area (Å²) in [6, 6.07) is -2.17. The maximum atomic E-state index is 12.3. The maximum absolute atomic E-state index is 12.3. The molecule has 1 aliphatic heterocycles. The molecule has 0 saturated carbocycles. The lowest BCUT2D eigenvalue weighted by molar-refractivity contribution is -0.217. The van der Waals surface area contributed by atoms with Crippen molar-refractivity contribution in [3.05, 3.63) is 12.2 Å². The van der Waals surface area contributed by atoms with Gasteiger partial charge in [0.15, 0.2) is 12.2 Å². The van der Waals surface area contributed by atoms with Crippen LogP contribution in [0, 0.1) is 0 Å². The molecule has 14 heteroatoms. The summed E-state index contributed by atoms with van der Waals surface area (Å²) >= 11 is 0. The molecular formula is C25H38N2O12. The molecule has 0 aromatic rings. The van der Waals surface area contributed by atoms with Gasteiger partial charge in [-0.05, 0) is 27.2 Å². The third-order valence-electron chi connectivity index (χ3n) is 5.03. The number of carbonyl (C=O) groups is 6. The fourth-order valence-corrected chi connectivity index (χ4v) is 3.69. The lowest BCUT2D eigenvalue weighted by Crippen LogP contribution is -2.65. The van der Waals surface area contributed by atoms with Crippen molar-refractivity contribution in [2.45, 2.75) is 97.0 Å². The van der Waals surface area contributed by atoms with Crippen LogP contribution in [0.15, 0.2) is 12.2 Å². The van der Waals surface area contributed by atoms with Crippen LogP contribution in [0.2, 0.25) is 0 Å². The summed E-state index contributed by atoms with van der Waals surface area (Å²) < 4.78 is 31.8. The van der Waals surface area contributed by atoms with Crippen molar-refractivity contribution in [2.24, 2.45) is 0 Å².